The first-order valence-electron chi connectivity index (χ1n) is 12.9. The second kappa shape index (κ2) is 9.22. The van der Waals surface area contributed by atoms with Crippen molar-refractivity contribution in [3.8, 4) is 28.5 Å². The minimum absolute atomic E-state index is 0.214. The highest BCUT2D eigenvalue weighted by molar-refractivity contribution is 5.89. The van der Waals surface area contributed by atoms with Crippen LogP contribution in [-0.4, -0.2) is 51.0 Å². The number of likely N-dealkylation sites (tertiary alicyclic amines) is 1. The Morgan fingerprint density at radius 1 is 0.846 bits per heavy atom. The normalized spacial score (nSPS) is 16.1. The van der Waals surface area contributed by atoms with Crippen LogP contribution < -0.4 is 4.90 Å². The van der Waals surface area contributed by atoms with Crippen molar-refractivity contribution in [2.24, 2.45) is 5.41 Å². The molecule has 0 atom stereocenters. The molecular formula is C31H24FN7. The zero-order valence-corrected chi connectivity index (χ0v) is 21.1. The van der Waals surface area contributed by atoms with Gasteiger partial charge >= 0.3 is 0 Å². The summed E-state index contributed by atoms with van der Waals surface area (Å²) in [5, 5.41) is 9.05. The lowest BCUT2D eigenvalue weighted by Crippen LogP contribution is -2.72. The molecule has 5 aromatic rings. The number of nitriles is 1. The first-order chi connectivity index (χ1) is 19.1. The fourth-order valence-electron chi connectivity index (χ4n) is 5.83. The third kappa shape index (κ3) is 4.37. The monoisotopic (exact) mass is 513 g/mol. The fraction of sp³-hybridized carbons (Fsp3) is 0.194. The van der Waals surface area contributed by atoms with Gasteiger partial charge in [-0.1, -0.05) is 54.6 Å². The van der Waals surface area contributed by atoms with E-state index >= 15 is 0 Å². The van der Waals surface area contributed by atoms with E-state index in [1.54, 1.807) is 6.20 Å². The summed E-state index contributed by atoms with van der Waals surface area (Å²) in [6.07, 6.45) is 2.88. The largest absolute Gasteiger partial charge is 0.355 e. The summed E-state index contributed by atoms with van der Waals surface area (Å²) >= 11 is 0. The molecule has 2 aliphatic heterocycles. The SMILES string of the molecule is N#Cc1nccc(N2CC3(CN(Cc4ccc(-c5nc6cc(F)cnc6cc5-c5ccccc5)cc4)C3)C2)n1. The van der Waals surface area contributed by atoms with Crippen LogP contribution in [0.2, 0.25) is 0 Å². The van der Waals surface area contributed by atoms with E-state index < -0.39 is 5.82 Å². The molecule has 2 fully saturated rings. The minimum atomic E-state index is -0.394. The van der Waals surface area contributed by atoms with Gasteiger partial charge in [0.1, 0.15) is 17.7 Å². The van der Waals surface area contributed by atoms with Crippen LogP contribution in [0.5, 0.6) is 0 Å². The standard InChI is InChI=1S/C31H24FN7/c32-24-12-27-26(35-15-24)13-25(22-4-2-1-3-5-22)30(36-27)23-8-6-21(7-9-23)16-38-17-31(18-38)19-39(20-31)29-10-11-34-28(14-33)37-29/h1-13,15H,16-20H2. The number of hydrogen-bond acceptors (Lipinski definition) is 7. The molecule has 1 spiro atoms. The van der Waals surface area contributed by atoms with Crippen molar-refractivity contribution in [1.29, 1.82) is 5.26 Å². The molecule has 2 saturated heterocycles. The molecule has 7 rings (SSSR count). The molecule has 0 amide bonds. The van der Waals surface area contributed by atoms with Gasteiger partial charge in [-0.15, -0.1) is 0 Å². The molecule has 7 nitrogen and oxygen atoms in total. The molecule has 2 aliphatic rings. The van der Waals surface area contributed by atoms with Crippen molar-refractivity contribution in [2.45, 2.75) is 6.54 Å². The number of fused-ring (bicyclic) bond motifs is 1. The third-order valence-electron chi connectivity index (χ3n) is 7.59. The number of anilines is 1. The Bertz CT molecular complexity index is 1720. The van der Waals surface area contributed by atoms with E-state index in [9.17, 15) is 4.39 Å². The molecule has 0 radical (unpaired) electrons. The number of hydrogen-bond donors (Lipinski definition) is 0. The molecule has 190 valence electrons. The van der Waals surface area contributed by atoms with Gasteiger partial charge in [0.25, 0.3) is 0 Å². The predicted octanol–water partition coefficient (Wildman–Crippen LogP) is 5.09. The van der Waals surface area contributed by atoms with Crippen LogP contribution in [0, 0.1) is 22.6 Å². The number of rotatable bonds is 5. The molecule has 2 aromatic carbocycles. The van der Waals surface area contributed by atoms with Crippen LogP contribution in [0.25, 0.3) is 33.4 Å². The number of halogens is 1. The van der Waals surface area contributed by atoms with Crippen molar-refractivity contribution >= 4 is 16.9 Å². The molecule has 0 unspecified atom stereocenters. The number of pyridine rings is 2. The zero-order valence-electron chi connectivity index (χ0n) is 21.1. The molecule has 0 bridgehead atoms. The second-order valence-electron chi connectivity index (χ2n) is 10.5. The first-order valence-corrected chi connectivity index (χ1v) is 12.9. The van der Waals surface area contributed by atoms with Crippen LogP contribution in [0.1, 0.15) is 11.4 Å². The van der Waals surface area contributed by atoms with E-state index in [1.807, 2.05) is 36.4 Å². The van der Waals surface area contributed by atoms with Gasteiger partial charge in [0.05, 0.1) is 22.9 Å². The van der Waals surface area contributed by atoms with Gasteiger partial charge < -0.3 is 4.90 Å². The van der Waals surface area contributed by atoms with Crippen molar-refractivity contribution in [1.82, 2.24) is 24.8 Å². The lowest BCUT2D eigenvalue weighted by atomic mass is 9.72. The Labute approximate surface area is 225 Å². The lowest BCUT2D eigenvalue weighted by molar-refractivity contribution is -0.0276. The highest BCUT2D eigenvalue weighted by Crippen LogP contribution is 2.42. The molecule has 3 aromatic heterocycles. The summed E-state index contributed by atoms with van der Waals surface area (Å²) in [6.45, 7) is 4.89. The van der Waals surface area contributed by atoms with Gasteiger partial charge in [-0.05, 0) is 23.3 Å². The average molecular weight is 514 g/mol. The van der Waals surface area contributed by atoms with Crippen LogP contribution in [-0.2, 0) is 6.54 Å². The van der Waals surface area contributed by atoms with Crippen LogP contribution >= 0.6 is 0 Å². The Morgan fingerprint density at radius 3 is 2.41 bits per heavy atom. The van der Waals surface area contributed by atoms with E-state index in [4.69, 9.17) is 10.2 Å². The zero-order chi connectivity index (χ0) is 26.4. The molecule has 0 aliphatic carbocycles. The summed E-state index contributed by atoms with van der Waals surface area (Å²) < 4.78 is 13.9. The molecule has 5 heterocycles. The fourth-order valence-corrected chi connectivity index (χ4v) is 5.83. The molecule has 0 N–H and O–H groups in total. The second-order valence-corrected chi connectivity index (χ2v) is 10.5. The Balaban J connectivity index is 1.06. The maximum absolute atomic E-state index is 13.9. The van der Waals surface area contributed by atoms with Gasteiger partial charge in [-0.3, -0.25) is 9.88 Å². The van der Waals surface area contributed by atoms with Gasteiger partial charge in [-0.2, -0.15) is 5.26 Å². The van der Waals surface area contributed by atoms with Crippen LogP contribution in [0.4, 0.5) is 10.2 Å². The number of aromatic nitrogens is 4. The highest BCUT2D eigenvalue weighted by Gasteiger charge is 2.51. The third-order valence-corrected chi connectivity index (χ3v) is 7.59. The van der Waals surface area contributed by atoms with Crippen LogP contribution in [0.15, 0.2) is 85.2 Å². The van der Waals surface area contributed by atoms with Gasteiger partial charge in [-0.25, -0.2) is 19.3 Å². The van der Waals surface area contributed by atoms with Crippen molar-refractivity contribution in [3.63, 3.8) is 0 Å². The Hall–Kier alpha value is -4.74. The van der Waals surface area contributed by atoms with E-state index in [0.717, 1.165) is 60.9 Å². The maximum Gasteiger partial charge on any atom is 0.234 e. The summed E-state index contributed by atoms with van der Waals surface area (Å²) in [7, 11) is 0. The molecule has 0 saturated carbocycles. The minimum Gasteiger partial charge on any atom is -0.355 e. The van der Waals surface area contributed by atoms with Gasteiger partial charge in [0.15, 0.2) is 0 Å². The number of nitrogens with zero attached hydrogens (tertiary/aromatic N) is 7. The topological polar surface area (TPSA) is 81.8 Å². The molecular weight excluding hydrogens is 489 g/mol. The predicted molar refractivity (Wildman–Crippen MR) is 147 cm³/mol. The quantitative estimate of drug-likeness (QED) is 0.324. The lowest BCUT2D eigenvalue weighted by Gasteiger charge is -2.60. The van der Waals surface area contributed by atoms with Crippen molar-refractivity contribution < 1.29 is 4.39 Å². The summed E-state index contributed by atoms with van der Waals surface area (Å²) in [5.41, 5.74) is 6.58. The molecule has 8 heteroatoms. The summed E-state index contributed by atoms with van der Waals surface area (Å²) in [5.74, 6) is 0.650. The summed E-state index contributed by atoms with van der Waals surface area (Å²) in [4.78, 5) is 22.0. The molecule has 39 heavy (non-hydrogen) atoms. The smallest absolute Gasteiger partial charge is 0.234 e. The Morgan fingerprint density at radius 2 is 1.64 bits per heavy atom. The van der Waals surface area contributed by atoms with Crippen molar-refractivity contribution in [2.75, 3.05) is 31.1 Å². The maximum atomic E-state index is 13.9. The van der Waals surface area contributed by atoms with Gasteiger partial charge in [0.2, 0.25) is 5.82 Å². The average Bonchev–Trinajstić information content (AvgIpc) is 2.93. The van der Waals surface area contributed by atoms with Gasteiger partial charge in [0, 0.05) is 61.5 Å². The van der Waals surface area contributed by atoms with E-state index in [1.165, 1.54) is 17.8 Å². The van der Waals surface area contributed by atoms with Crippen LogP contribution in [0.3, 0.4) is 0 Å². The summed E-state index contributed by atoms with van der Waals surface area (Å²) in [6, 6.07) is 25.9. The highest BCUT2D eigenvalue weighted by atomic mass is 19.1. The van der Waals surface area contributed by atoms with E-state index in [0.29, 0.717) is 16.4 Å². The number of benzene rings is 2. The van der Waals surface area contributed by atoms with E-state index in [-0.39, 0.29) is 5.82 Å². The van der Waals surface area contributed by atoms with Crippen molar-refractivity contribution in [3.05, 3.63) is 102 Å². The first kappa shape index (κ1) is 23.4. The Kier molecular flexibility index (Phi) is 5.53. The van der Waals surface area contributed by atoms with E-state index in [2.05, 4.69) is 61.1 Å².